The summed E-state index contributed by atoms with van der Waals surface area (Å²) in [6.07, 6.45) is 0. The van der Waals surface area contributed by atoms with Crippen molar-refractivity contribution in [1.82, 2.24) is 0 Å². The van der Waals surface area contributed by atoms with Crippen LogP contribution in [0.4, 0.5) is 0 Å². The quantitative estimate of drug-likeness (QED) is 0.173. The fraction of sp³-hybridized carbons (Fsp3) is 0.0667. The van der Waals surface area contributed by atoms with Crippen molar-refractivity contribution in [3.63, 3.8) is 0 Å². The van der Waals surface area contributed by atoms with Crippen molar-refractivity contribution in [3.8, 4) is 33.4 Å². The van der Waals surface area contributed by atoms with Gasteiger partial charge in [0.2, 0.25) is 0 Å². The Morgan fingerprint density at radius 1 is 0.391 bits per heavy atom. The van der Waals surface area contributed by atoms with E-state index in [1.807, 2.05) is 11.3 Å². The van der Waals surface area contributed by atoms with E-state index in [0.717, 1.165) is 0 Å². The van der Waals surface area contributed by atoms with Crippen molar-refractivity contribution in [2.45, 2.75) is 19.3 Å². The molecule has 0 atom stereocenters. The van der Waals surface area contributed by atoms with E-state index in [1.165, 1.54) is 97.0 Å². The third kappa shape index (κ3) is 3.49. The van der Waals surface area contributed by atoms with Crippen molar-refractivity contribution >= 4 is 63.8 Å². The second-order valence-electron chi connectivity index (χ2n) is 13.2. The fourth-order valence-electron chi connectivity index (χ4n) is 8.22. The van der Waals surface area contributed by atoms with E-state index in [1.54, 1.807) is 0 Å². The molecule has 0 bridgehead atoms. The van der Waals surface area contributed by atoms with E-state index in [4.69, 9.17) is 0 Å². The minimum atomic E-state index is -0.0883. The Labute approximate surface area is 272 Å². The minimum absolute atomic E-state index is 0.0883. The summed E-state index contributed by atoms with van der Waals surface area (Å²) in [6, 6.07) is 54.4. The summed E-state index contributed by atoms with van der Waals surface area (Å²) < 4.78 is 2.77. The molecule has 46 heavy (non-hydrogen) atoms. The van der Waals surface area contributed by atoms with Crippen LogP contribution in [0.2, 0.25) is 0 Å². The standard InChI is InChI=1S/C45H30S/c1-45(2)40-23-22-34-33-18-10-11-19-42(33)46-44(34)43(40)35-21-20-28(24-41(35)45)37-26-39-31-16-8-6-14-29(31)36(27-12-4-3-5-13-27)25-38(39)32-17-9-7-15-30(32)37/h3-26H,1-2H3. The lowest BCUT2D eigenvalue weighted by Crippen LogP contribution is -2.14. The molecule has 0 amide bonds. The topological polar surface area (TPSA) is 0 Å². The Kier molecular flexibility index (Phi) is 5.31. The molecule has 216 valence electrons. The van der Waals surface area contributed by atoms with Crippen LogP contribution in [0.15, 0.2) is 146 Å². The minimum Gasteiger partial charge on any atom is -0.135 e. The summed E-state index contributed by atoms with van der Waals surface area (Å²) in [4.78, 5) is 0. The highest BCUT2D eigenvalue weighted by Gasteiger charge is 2.37. The molecular weight excluding hydrogens is 573 g/mol. The molecule has 0 N–H and O–H groups in total. The first-order chi connectivity index (χ1) is 22.6. The number of fused-ring (bicyclic) bond motifs is 12. The summed E-state index contributed by atoms with van der Waals surface area (Å²) in [5, 5.41) is 10.5. The third-order valence-electron chi connectivity index (χ3n) is 10.5. The smallest absolute Gasteiger partial charge is 0.0437 e. The first-order valence-corrected chi connectivity index (χ1v) is 16.9. The summed E-state index contributed by atoms with van der Waals surface area (Å²) in [7, 11) is 0. The number of rotatable bonds is 2. The molecule has 1 aliphatic carbocycles. The van der Waals surface area contributed by atoms with E-state index in [-0.39, 0.29) is 5.41 Å². The Morgan fingerprint density at radius 3 is 1.67 bits per heavy atom. The van der Waals surface area contributed by atoms with Crippen molar-refractivity contribution in [2.24, 2.45) is 0 Å². The lowest BCUT2D eigenvalue weighted by atomic mass is 9.81. The van der Waals surface area contributed by atoms with Gasteiger partial charge in [0.15, 0.2) is 0 Å². The molecule has 1 aliphatic rings. The molecule has 0 radical (unpaired) electrons. The van der Waals surface area contributed by atoms with Gasteiger partial charge >= 0.3 is 0 Å². The molecule has 8 aromatic carbocycles. The highest BCUT2D eigenvalue weighted by molar-refractivity contribution is 7.26. The average Bonchev–Trinajstić information content (AvgIpc) is 3.60. The molecule has 0 fully saturated rings. The number of hydrogen-bond donors (Lipinski definition) is 0. The second kappa shape index (κ2) is 9.39. The van der Waals surface area contributed by atoms with Crippen molar-refractivity contribution < 1.29 is 0 Å². The van der Waals surface area contributed by atoms with Crippen molar-refractivity contribution in [2.75, 3.05) is 0 Å². The molecule has 0 spiro atoms. The maximum atomic E-state index is 2.49. The first-order valence-electron chi connectivity index (χ1n) is 16.1. The van der Waals surface area contributed by atoms with Crippen molar-refractivity contribution in [3.05, 3.63) is 157 Å². The van der Waals surface area contributed by atoms with Gasteiger partial charge in [-0.15, -0.1) is 11.3 Å². The van der Waals surface area contributed by atoms with Gasteiger partial charge in [-0.25, -0.2) is 0 Å². The molecule has 1 heteroatoms. The van der Waals surface area contributed by atoms with Crippen LogP contribution in [0.25, 0.3) is 85.9 Å². The number of hydrogen-bond acceptors (Lipinski definition) is 1. The van der Waals surface area contributed by atoms with Crippen LogP contribution in [0, 0.1) is 0 Å². The average molecular weight is 603 g/mol. The molecule has 0 aliphatic heterocycles. The number of benzene rings is 8. The Bertz CT molecular complexity index is 2710. The highest BCUT2D eigenvalue weighted by Crippen LogP contribution is 2.55. The Hall–Kier alpha value is -5.24. The van der Waals surface area contributed by atoms with Crippen LogP contribution in [0.3, 0.4) is 0 Å². The molecule has 0 unspecified atom stereocenters. The van der Waals surface area contributed by atoms with Gasteiger partial charge in [0.25, 0.3) is 0 Å². The van der Waals surface area contributed by atoms with Crippen LogP contribution in [-0.2, 0) is 5.41 Å². The van der Waals surface area contributed by atoms with Gasteiger partial charge in [0.05, 0.1) is 0 Å². The van der Waals surface area contributed by atoms with Crippen LogP contribution in [-0.4, -0.2) is 0 Å². The summed E-state index contributed by atoms with van der Waals surface area (Å²) in [5.41, 5.74) is 10.7. The monoisotopic (exact) mass is 602 g/mol. The summed E-state index contributed by atoms with van der Waals surface area (Å²) >= 11 is 1.94. The zero-order chi connectivity index (χ0) is 30.6. The maximum Gasteiger partial charge on any atom is 0.0437 e. The lowest BCUT2D eigenvalue weighted by Gasteiger charge is -2.22. The molecule has 0 saturated carbocycles. The molecule has 1 aromatic heterocycles. The molecule has 0 saturated heterocycles. The summed E-state index contributed by atoms with van der Waals surface area (Å²) in [5.74, 6) is 0. The van der Waals surface area contributed by atoms with E-state index in [9.17, 15) is 0 Å². The van der Waals surface area contributed by atoms with E-state index in [0.29, 0.717) is 0 Å². The molecule has 9 aromatic rings. The summed E-state index contributed by atoms with van der Waals surface area (Å²) in [6.45, 7) is 4.80. The van der Waals surface area contributed by atoms with E-state index < -0.39 is 0 Å². The third-order valence-corrected chi connectivity index (χ3v) is 11.7. The van der Waals surface area contributed by atoms with Crippen LogP contribution in [0.5, 0.6) is 0 Å². The first kappa shape index (κ1) is 26.0. The van der Waals surface area contributed by atoms with Crippen molar-refractivity contribution in [1.29, 1.82) is 0 Å². The van der Waals surface area contributed by atoms with Gasteiger partial charge in [0, 0.05) is 31.2 Å². The van der Waals surface area contributed by atoms with Gasteiger partial charge in [-0.2, -0.15) is 0 Å². The molecular formula is C45H30S. The normalized spacial score (nSPS) is 13.6. The van der Waals surface area contributed by atoms with Gasteiger partial charge in [-0.1, -0.05) is 135 Å². The SMILES string of the molecule is CC1(C)c2cc(-c3cc4c5ccccc5c(-c5ccccc5)cc4c4ccccc34)ccc2-c2c1ccc1c2sc2ccccc21. The second-order valence-corrected chi connectivity index (χ2v) is 14.3. The lowest BCUT2D eigenvalue weighted by molar-refractivity contribution is 0.661. The molecule has 1 heterocycles. The van der Waals surface area contributed by atoms with Gasteiger partial charge in [-0.3, -0.25) is 0 Å². The van der Waals surface area contributed by atoms with E-state index in [2.05, 4.69) is 159 Å². The molecule has 10 rings (SSSR count). The van der Waals surface area contributed by atoms with Crippen LogP contribution < -0.4 is 0 Å². The largest absolute Gasteiger partial charge is 0.135 e. The predicted molar refractivity (Wildman–Crippen MR) is 200 cm³/mol. The van der Waals surface area contributed by atoms with E-state index >= 15 is 0 Å². The van der Waals surface area contributed by atoms with Gasteiger partial charge in [0.1, 0.15) is 0 Å². The highest BCUT2D eigenvalue weighted by atomic mass is 32.1. The molecule has 0 nitrogen and oxygen atoms in total. The Morgan fingerprint density at radius 2 is 0.978 bits per heavy atom. The van der Waals surface area contributed by atoms with Gasteiger partial charge in [-0.05, 0) is 95.5 Å². The maximum absolute atomic E-state index is 2.49. The zero-order valence-corrected chi connectivity index (χ0v) is 26.6. The predicted octanol–water partition coefficient (Wildman–Crippen LogP) is 13.2. The van der Waals surface area contributed by atoms with Gasteiger partial charge < -0.3 is 0 Å². The van der Waals surface area contributed by atoms with Crippen LogP contribution in [0.1, 0.15) is 25.0 Å². The fourth-order valence-corrected chi connectivity index (χ4v) is 9.48. The number of thiophene rings is 1. The van der Waals surface area contributed by atoms with Crippen LogP contribution >= 0.6 is 11.3 Å². The Balaban J connectivity index is 1.24. The zero-order valence-electron chi connectivity index (χ0n) is 25.8.